The fraction of sp³-hybridized carbons (Fsp3) is 0.476. The van der Waals surface area contributed by atoms with Crippen LogP contribution in [0.5, 0.6) is 0 Å². The van der Waals surface area contributed by atoms with E-state index in [1.807, 2.05) is 56.9 Å². The first-order valence-corrected chi connectivity index (χ1v) is 10.0. The average Bonchev–Trinajstić information content (AvgIpc) is 2.66. The maximum absolute atomic E-state index is 12.9. The molecule has 0 aliphatic carbocycles. The minimum atomic E-state index is -0.437. The molecule has 2 rings (SSSR count). The van der Waals surface area contributed by atoms with E-state index < -0.39 is 6.04 Å². The Kier molecular flexibility index (Phi) is 7.57. The van der Waals surface area contributed by atoms with Crippen LogP contribution in [0.1, 0.15) is 52.6 Å². The molecule has 1 aliphatic heterocycles. The van der Waals surface area contributed by atoms with Crippen LogP contribution >= 0.6 is 12.2 Å². The number of ether oxygens (including phenoxy) is 1. The number of carbonyl (C=O) groups is 2. The lowest BCUT2D eigenvalue weighted by Gasteiger charge is -2.37. The van der Waals surface area contributed by atoms with E-state index in [0.29, 0.717) is 35.9 Å². The molecule has 7 heteroatoms. The molecule has 1 atom stereocenters. The second-order valence-corrected chi connectivity index (χ2v) is 7.53. The average molecular weight is 404 g/mol. The SMILES string of the molecule is CCC(=O)Nc1cccc([C@H]2NC(=S)N(CC)C(C)=C2C(=O)OCC(C)C)c1. The van der Waals surface area contributed by atoms with Gasteiger partial charge >= 0.3 is 5.97 Å². The number of hydrogen-bond donors (Lipinski definition) is 2. The smallest absolute Gasteiger partial charge is 0.338 e. The summed E-state index contributed by atoms with van der Waals surface area (Å²) in [6.07, 6.45) is 0.396. The number of allylic oxidation sites excluding steroid dienone is 1. The standard InChI is InChI=1S/C21H29N3O3S/c1-6-17(25)22-16-10-8-9-15(11-16)19-18(20(26)27-12-13(3)4)14(5)24(7-2)21(28)23-19/h8-11,13,19H,6-7,12H2,1-5H3,(H,22,25)(H,23,28)/t19-/m1/s1. The summed E-state index contributed by atoms with van der Waals surface area (Å²) in [5.74, 6) is -0.173. The van der Waals surface area contributed by atoms with E-state index in [4.69, 9.17) is 17.0 Å². The molecule has 0 saturated carbocycles. The van der Waals surface area contributed by atoms with E-state index >= 15 is 0 Å². The molecular weight excluding hydrogens is 374 g/mol. The Hall–Kier alpha value is -2.41. The molecule has 1 aromatic carbocycles. The Morgan fingerprint density at radius 2 is 2.04 bits per heavy atom. The first-order chi connectivity index (χ1) is 13.3. The first-order valence-electron chi connectivity index (χ1n) is 9.64. The Morgan fingerprint density at radius 3 is 2.64 bits per heavy atom. The zero-order valence-electron chi connectivity index (χ0n) is 17.2. The number of carbonyl (C=O) groups excluding carboxylic acids is 2. The number of amides is 1. The van der Waals surface area contributed by atoms with Crippen molar-refractivity contribution in [3.05, 3.63) is 41.1 Å². The lowest BCUT2D eigenvalue weighted by atomic mass is 9.94. The number of esters is 1. The Bertz CT molecular complexity index is 789. The number of hydrogen-bond acceptors (Lipinski definition) is 4. The highest BCUT2D eigenvalue weighted by atomic mass is 32.1. The van der Waals surface area contributed by atoms with E-state index in [0.717, 1.165) is 11.3 Å². The van der Waals surface area contributed by atoms with Crippen LogP contribution < -0.4 is 10.6 Å². The second-order valence-electron chi connectivity index (χ2n) is 7.15. The molecule has 0 fully saturated rings. The van der Waals surface area contributed by atoms with Crippen LogP contribution in [0.4, 0.5) is 5.69 Å². The van der Waals surface area contributed by atoms with E-state index in [1.54, 1.807) is 6.92 Å². The summed E-state index contributed by atoms with van der Waals surface area (Å²) >= 11 is 5.51. The summed E-state index contributed by atoms with van der Waals surface area (Å²) in [4.78, 5) is 26.5. The van der Waals surface area contributed by atoms with Crippen molar-refractivity contribution in [2.45, 2.75) is 47.1 Å². The molecule has 0 aromatic heterocycles. The van der Waals surface area contributed by atoms with Crippen LogP contribution in [0.3, 0.4) is 0 Å². The topological polar surface area (TPSA) is 70.7 Å². The molecule has 1 aromatic rings. The van der Waals surface area contributed by atoms with Gasteiger partial charge in [-0.05, 0) is 49.7 Å². The van der Waals surface area contributed by atoms with Crippen LogP contribution in [-0.4, -0.2) is 35.0 Å². The highest BCUT2D eigenvalue weighted by Crippen LogP contribution is 2.32. The minimum absolute atomic E-state index is 0.0651. The number of thiocarbonyl (C=S) groups is 1. The summed E-state index contributed by atoms with van der Waals surface area (Å²) in [6, 6.07) is 7.01. The second kappa shape index (κ2) is 9.68. The van der Waals surface area contributed by atoms with Crippen molar-refractivity contribution in [3.8, 4) is 0 Å². The summed E-state index contributed by atoms with van der Waals surface area (Å²) in [5, 5.41) is 6.68. The highest BCUT2D eigenvalue weighted by molar-refractivity contribution is 7.80. The van der Waals surface area contributed by atoms with Crippen LogP contribution in [0.25, 0.3) is 0 Å². The van der Waals surface area contributed by atoms with Gasteiger partial charge in [0.05, 0.1) is 18.2 Å². The van der Waals surface area contributed by atoms with Gasteiger partial charge in [-0.15, -0.1) is 0 Å². The van der Waals surface area contributed by atoms with Crippen LogP contribution in [0.2, 0.25) is 0 Å². The fourth-order valence-corrected chi connectivity index (χ4v) is 3.43. The van der Waals surface area contributed by atoms with Crippen molar-refractivity contribution in [3.63, 3.8) is 0 Å². The molecule has 1 amide bonds. The van der Waals surface area contributed by atoms with E-state index in [1.165, 1.54) is 0 Å². The highest BCUT2D eigenvalue weighted by Gasteiger charge is 2.34. The Balaban J connectivity index is 2.43. The van der Waals surface area contributed by atoms with Gasteiger partial charge in [0.2, 0.25) is 5.91 Å². The monoisotopic (exact) mass is 403 g/mol. The first kappa shape index (κ1) is 21.9. The molecule has 152 valence electrons. The number of nitrogens with zero attached hydrogens (tertiary/aromatic N) is 1. The maximum atomic E-state index is 12.9. The van der Waals surface area contributed by atoms with Crippen molar-refractivity contribution in [2.75, 3.05) is 18.5 Å². The third-order valence-electron chi connectivity index (χ3n) is 4.51. The van der Waals surface area contributed by atoms with Crippen LogP contribution in [0.15, 0.2) is 35.5 Å². The zero-order chi connectivity index (χ0) is 20.8. The summed E-state index contributed by atoms with van der Waals surface area (Å²) in [6.45, 7) is 10.7. The molecule has 0 saturated heterocycles. The zero-order valence-corrected chi connectivity index (χ0v) is 18.0. The van der Waals surface area contributed by atoms with Gasteiger partial charge in [-0.25, -0.2) is 4.79 Å². The lowest BCUT2D eigenvalue weighted by molar-refractivity contribution is -0.140. The molecular formula is C21H29N3O3S. The van der Waals surface area contributed by atoms with Gasteiger partial charge in [0, 0.05) is 24.4 Å². The summed E-state index contributed by atoms with van der Waals surface area (Å²) in [5.41, 5.74) is 2.84. The maximum Gasteiger partial charge on any atom is 0.338 e. The van der Waals surface area contributed by atoms with Gasteiger partial charge in [-0.2, -0.15) is 0 Å². The summed E-state index contributed by atoms with van der Waals surface area (Å²) in [7, 11) is 0. The molecule has 6 nitrogen and oxygen atoms in total. The molecule has 0 bridgehead atoms. The van der Waals surface area contributed by atoms with Gasteiger partial charge in [-0.1, -0.05) is 32.9 Å². The van der Waals surface area contributed by atoms with Gasteiger partial charge in [0.25, 0.3) is 0 Å². The van der Waals surface area contributed by atoms with Crippen molar-refractivity contribution >= 4 is 34.9 Å². The van der Waals surface area contributed by atoms with Gasteiger partial charge in [0.15, 0.2) is 5.11 Å². The molecule has 1 heterocycles. The summed E-state index contributed by atoms with van der Waals surface area (Å²) < 4.78 is 5.53. The van der Waals surface area contributed by atoms with Crippen molar-refractivity contribution in [1.29, 1.82) is 0 Å². The largest absolute Gasteiger partial charge is 0.462 e. The van der Waals surface area contributed by atoms with Crippen molar-refractivity contribution in [1.82, 2.24) is 10.2 Å². The number of rotatable bonds is 7. The Morgan fingerprint density at radius 1 is 1.32 bits per heavy atom. The number of nitrogens with one attached hydrogen (secondary N) is 2. The molecule has 1 aliphatic rings. The van der Waals surface area contributed by atoms with Gasteiger partial charge < -0.3 is 20.3 Å². The predicted molar refractivity (Wildman–Crippen MR) is 115 cm³/mol. The lowest BCUT2D eigenvalue weighted by Crippen LogP contribution is -2.47. The minimum Gasteiger partial charge on any atom is -0.462 e. The van der Waals surface area contributed by atoms with Crippen LogP contribution in [0, 0.1) is 5.92 Å². The van der Waals surface area contributed by atoms with E-state index in [9.17, 15) is 9.59 Å². The van der Waals surface area contributed by atoms with Gasteiger partial charge in [0.1, 0.15) is 0 Å². The predicted octanol–water partition coefficient (Wildman–Crippen LogP) is 3.76. The normalized spacial score (nSPS) is 16.9. The third-order valence-corrected chi connectivity index (χ3v) is 4.84. The van der Waals surface area contributed by atoms with Crippen molar-refractivity contribution < 1.29 is 14.3 Å². The molecule has 0 spiro atoms. The molecule has 2 N–H and O–H groups in total. The molecule has 0 radical (unpaired) electrons. The van der Waals surface area contributed by atoms with Crippen LogP contribution in [-0.2, 0) is 14.3 Å². The van der Waals surface area contributed by atoms with E-state index in [-0.39, 0.29) is 17.8 Å². The number of anilines is 1. The van der Waals surface area contributed by atoms with E-state index in [2.05, 4.69) is 10.6 Å². The Labute approximate surface area is 172 Å². The molecule has 28 heavy (non-hydrogen) atoms. The van der Waals surface area contributed by atoms with Gasteiger partial charge in [-0.3, -0.25) is 4.79 Å². The fourth-order valence-electron chi connectivity index (χ4n) is 3.04. The third kappa shape index (κ3) is 5.10. The molecule has 0 unspecified atom stereocenters. The van der Waals surface area contributed by atoms with Crippen molar-refractivity contribution in [2.24, 2.45) is 5.92 Å². The quantitative estimate of drug-likeness (QED) is 0.534. The number of benzene rings is 1.